The predicted octanol–water partition coefficient (Wildman–Crippen LogP) is 3.27. The van der Waals surface area contributed by atoms with Crippen molar-refractivity contribution in [1.82, 2.24) is 0 Å². The van der Waals surface area contributed by atoms with Crippen molar-refractivity contribution in [2.45, 2.75) is 27.7 Å². The molecule has 1 N–H and O–H groups in total. The molecule has 0 amide bonds. The number of hydrogen-bond acceptors (Lipinski definition) is 3. The molecule has 0 aliphatic heterocycles. The fourth-order valence-electron chi connectivity index (χ4n) is 1.35. The van der Waals surface area contributed by atoms with Crippen molar-refractivity contribution in [2.24, 2.45) is 0 Å². The molecule has 4 nitrogen and oxygen atoms in total. The molecule has 4 heteroatoms. The predicted molar refractivity (Wildman–Crippen MR) is 95.1 cm³/mol. The molecule has 0 saturated heterocycles. The van der Waals surface area contributed by atoms with Crippen molar-refractivity contribution in [2.75, 3.05) is 0 Å². The highest BCUT2D eigenvalue weighted by atomic mass is 16.4. The quantitative estimate of drug-likeness (QED) is 0.548. The van der Waals surface area contributed by atoms with Gasteiger partial charge in [-0.3, -0.25) is 0 Å². The summed E-state index contributed by atoms with van der Waals surface area (Å²) in [6.45, 7) is 6.83. The topological polar surface area (TPSA) is 77.4 Å². The Morgan fingerprint density at radius 1 is 0.708 bits per heavy atom. The van der Waals surface area contributed by atoms with E-state index in [2.05, 4.69) is 0 Å². The van der Waals surface area contributed by atoms with Crippen LogP contribution in [0, 0.1) is 0 Å². The van der Waals surface area contributed by atoms with Gasteiger partial charge < -0.3 is 15.0 Å². The molecule has 0 aromatic carbocycles. The zero-order chi connectivity index (χ0) is 18.5. The molecule has 0 heterocycles. The largest absolute Gasteiger partial charge is 0.545 e. The molecule has 0 saturated carbocycles. The van der Waals surface area contributed by atoms with Crippen LogP contribution in [-0.4, -0.2) is 17.0 Å². The zero-order valence-electron chi connectivity index (χ0n) is 14.4. The molecule has 0 aliphatic carbocycles. The first-order chi connectivity index (χ1) is 11.2. The second-order valence-electron chi connectivity index (χ2n) is 5.22. The van der Waals surface area contributed by atoms with Crippen molar-refractivity contribution in [1.29, 1.82) is 0 Å². The maximum absolute atomic E-state index is 10.6. The minimum absolute atomic E-state index is 0.173. The molecule has 0 rings (SSSR count). The van der Waals surface area contributed by atoms with E-state index in [9.17, 15) is 14.7 Å². The van der Waals surface area contributed by atoms with Crippen molar-refractivity contribution in [3.63, 3.8) is 0 Å². The summed E-state index contributed by atoms with van der Waals surface area (Å²) in [5, 5.41) is 19.2. The smallest absolute Gasteiger partial charge is 0.331 e. The highest BCUT2D eigenvalue weighted by molar-refractivity contribution is 5.86. The molecule has 0 bridgehead atoms. The second-order valence-corrected chi connectivity index (χ2v) is 5.22. The van der Waals surface area contributed by atoms with Gasteiger partial charge in [-0.15, -0.1) is 0 Å². The number of hydrogen-bond donors (Lipinski definition) is 1. The normalized spacial score (nSPS) is 15.0. The van der Waals surface area contributed by atoms with E-state index < -0.39 is 11.9 Å². The van der Waals surface area contributed by atoms with Gasteiger partial charge in [0.15, 0.2) is 0 Å². The first kappa shape index (κ1) is 21.1. The summed E-state index contributed by atoms with van der Waals surface area (Å²) in [5.41, 5.74) is 2.40. The van der Waals surface area contributed by atoms with Gasteiger partial charge in [0, 0.05) is 5.57 Å². The van der Waals surface area contributed by atoms with Crippen LogP contribution in [0.25, 0.3) is 0 Å². The van der Waals surface area contributed by atoms with Crippen molar-refractivity contribution < 1.29 is 19.8 Å². The fraction of sp³-hybridized carbons (Fsp3) is 0.200. The van der Waals surface area contributed by atoms with Gasteiger partial charge >= 0.3 is 5.97 Å². The first-order valence-corrected chi connectivity index (χ1v) is 7.40. The van der Waals surface area contributed by atoms with E-state index in [1.807, 2.05) is 44.2 Å². The molecular weight excluding hydrogens is 304 g/mol. The van der Waals surface area contributed by atoms with Gasteiger partial charge in [0.05, 0.1) is 5.97 Å². The average molecular weight is 327 g/mol. The molecule has 0 fully saturated rings. The number of carbonyl (C=O) groups is 2. The van der Waals surface area contributed by atoms with E-state index in [0.717, 1.165) is 11.1 Å². The van der Waals surface area contributed by atoms with Crippen LogP contribution in [0.3, 0.4) is 0 Å². The fourth-order valence-corrected chi connectivity index (χ4v) is 1.35. The van der Waals surface area contributed by atoms with E-state index in [4.69, 9.17) is 5.11 Å². The molecule has 0 aromatic heterocycles. The zero-order valence-corrected chi connectivity index (χ0v) is 14.4. The minimum Gasteiger partial charge on any atom is -0.545 e. The Labute approximate surface area is 143 Å². The highest BCUT2D eigenvalue weighted by Crippen LogP contribution is 2.01. The van der Waals surface area contributed by atoms with E-state index in [1.165, 1.54) is 19.9 Å². The molecule has 0 aromatic rings. The van der Waals surface area contributed by atoms with Gasteiger partial charge in [-0.05, 0) is 33.3 Å². The Bertz CT molecular complexity index is 608. The summed E-state index contributed by atoms with van der Waals surface area (Å²) >= 11 is 0. The summed E-state index contributed by atoms with van der Waals surface area (Å²) in [6, 6.07) is 0. The molecule has 0 aliphatic rings. The summed E-state index contributed by atoms with van der Waals surface area (Å²) < 4.78 is 0. The number of allylic oxidation sites excluding steroid dienone is 12. The van der Waals surface area contributed by atoms with Gasteiger partial charge in [0.25, 0.3) is 0 Å². The summed E-state index contributed by atoms with van der Waals surface area (Å²) in [6.07, 6.45) is 17.5. The van der Waals surface area contributed by atoms with E-state index in [0.29, 0.717) is 0 Å². The van der Waals surface area contributed by atoms with E-state index in [1.54, 1.807) is 24.3 Å². The Hall–Kier alpha value is -2.88. The molecule has 0 unspecified atom stereocenters. The summed E-state index contributed by atoms with van der Waals surface area (Å²) in [5.74, 6) is -2.11. The Morgan fingerprint density at radius 2 is 1.12 bits per heavy atom. The first-order valence-electron chi connectivity index (χ1n) is 7.40. The SMILES string of the molecule is CC(/C=C/C=C(\C)C(=O)[O-])=C\C=C\C=C(C)\C=C\C=C(/C)C(=O)O. The van der Waals surface area contributed by atoms with Crippen molar-refractivity contribution in [3.05, 3.63) is 83.1 Å². The summed E-state index contributed by atoms with van der Waals surface area (Å²) in [7, 11) is 0. The van der Waals surface area contributed by atoms with Crippen LogP contribution < -0.4 is 5.11 Å². The van der Waals surface area contributed by atoms with Crippen LogP contribution in [0.2, 0.25) is 0 Å². The molecule has 0 radical (unpaired) electrons. The van der Waals surface area contributed by atoms with Gasteiger partial charge in [0.1, 0.15) is 0 Å². The van der Waals surface area contributed by atoms with Crippen molar-refractivity contribution >= 4 is 11.9 Å². The van der Waals surface area contributed by atoms with Crippen LogP contribution in [0.1, 0.15) is 27.7 Å². The van der Waals surface area contributed by atoms with E-state index >= 15 is 0 Å². The number of carboxylic acids is 2. The van der Waals surface area contributed by atoms with Crippen LogP contribution in [-0.2, 0) is 9.59 Å². The standard InChI is InChI=1S/C20H24O4/c1-15(11-7-13-17(3)19(21)22)9-5-6-10-16(2)12-8-14-18(4)20(23)24/h5-14H,1-4H3,(H,21,22)(H,23,24)/p-1/b6-5+,11-7+,12-8+,15-9+,16-10+,17-13+,18-14+. The van der Waals surface area contributed by atoms with Crippen LogP contribution in [0.5, 0.6) is 0 Å². The number of carboxylic acid groups (broad SMARTS) is 2. The van der Waals surface area contributed by atoms with Gasteiger partial charge in [-0.25, -0.2) is 4.79 Å². The molecular formula is C20H23O4-. The Kier molecular flexibility index (Phi) is 10.3. The van der Waals surface area contributed by atoms with Crippen LogP contribution >= 0.6 is 0 Å². The number of aliphatic carboxylic acids is 2. The van der Waals surface area contributed by atoms with Crippen LogP contribution in [0.4, 0.5) is 0 Å². The monoisotopic (exact) mass is 327 g/mol. The molecule has 24 heavy (non-hydrogen) atoms. The Balaban J connectivity index is 4.63. The average Bonchev–Trinajstić information content (AvgIpc) is 2.51. The Morgan fingerprint density at radius 3 is 1.50 bits per heavy atom. The lowest BCUT2D eigenvalue weighted by molar-refractivity contribution is -0.299. The van der Waals surface area contributed by atoms with Gasteiger partial charge in [-0.2, -0.15) is 0 Å². The maximum Gasteiger partial charge on any atom is 0.331 e. The molecule has 0 spiro atoms. The lowest BCUT2D eigenvalue weighted by Crippen LogP contribution is -2.22. The third-order valence-electron chi connectivity index (χ3n) is 2.90. The molecule has 0 atom stereocenters. The van der Waals surface area contributed by atoms with Gasteiger partial charge in [-0.1, -0.05) is 71.9 Å². The van der Waals surface area contributed by atoms with Crippen molar-refractivity contribution in [3.8, 4) is 0 Å². The van der Waals surface area contributed by atoms with Gasteiger partial charge in [0.2, 0.25) is 0 Å². The molecule has 128 valence electrons. The van der Waals surface area contributed by atoms with E-state index in [-0.39, 0.29) is 11.1 Å². The third-order valence-corrected chi connectivity index (χ3v) is 2.90. The third kappa shape index (κ3) is 10.8. The highest BCUT2D eigenvalue weighted by Gasteiger charge is 1.95. The number of carbonyl (C=O) groups excluding carboxylic acids is 1. The number of rotatable bonds is 8. The maximum atomic E-state index is 10.6. The lowest BCUT2D eigenvalue weighted by atomic mass is 10.2. The summed E-state index contributed by atoms with van der Waals surface area (Å²) in [4.78, 5) is 21.1. The minimum atomic E-state index is -1.18. The second kappa shape index (κ2) is 11.7. The van der Waals surface area contributed by atoms with Crippen LogP contribution in [0.15, 0.2) is 83.1 Å². The lowest BCUT2D eigenvalue weighted by Gasteiger charge is -1.97.